The minimum atomic E-state index is -2.02. The van der Waals surface area contributed by atoms with Gasteiger partial charge in [-0.3, -0.25) is 0 Å². The van der Waals surface area contributed by atoms with E-state index in [0.29, 0.717) is 11.6 Å². The number of hydrogen-bond acceptors (Lipinski definition) is 2. The van der Waals surface area contributed by atoms with Crippen LogP contribution >= 0.6 is 22.6 Å². The molecule has 2 nitrogen and oxygen atoms in total. The van der Waals surface area contributed by atoms with Crippen LogP contribution in [0.1, 0.15) is 48.0 Å². The molecule has 34 heavy (non-hydrogen) atoms. The third-order valence-electron chi connectivity index (χ3n) is 8.92. The summed E-state index contributed by atoms with van der Waals surface area (Å²) in [5.74, 6) is 3.80. The smallest absolute Gasteiger partial charge is 0.193 e. The molecule has 4 atom stereocenters. The summed E-state index contributed by atoms with van der Waals surface area (Å²) < 4.78 is 15.0. The van der Waals surface area contributed by atoms with Crippen LogP contribution in [0.15, 0.2) is 30.3 Å². The number of ether oxygens (including phenoxy) is 1. The van der Waals surface area contributed by atoms with Gasteiger partial charge < -0.3 is 9.16 Å². The summed E-state index contributed by atoms with van der Waals surface area (Å²) in [5.41, 5.74) is 4.40. The molecule has 1 aromatic rings. The normalized spacial score (nSPS) is 22.9. The van der Waals surface area contributed by atoms with E-state index in [-0.39, 0.29) is 17.2 Å². The van der Waals surface area contributed by atoms with Gasteiger partial charge in [0.1, 0.15) is 14.2 Å². The van der Waals surface area contributed by atoms with Gasteiger partial charge in [-0.15, -0.1) is 5.54 Å². The van der Waals surface area contributed by atoms with Crippen molar-refractivity contribution in [3.05, 3.63) is 30.3 Å². The van der Waals surface area contributed by atoms with Gasteiger partial charge in [0.05, 0.1) is 20.3 Å². The molecule has 6 heteroatoms. The molecule has 0 spiro atoms. The predicted octanol–water partition coefficient (Wildman–Crippen LogP) is 8.01. The minimum absolute atomic E-state index is 0.0560. The molecule has 0 aliphatic carbocycles. The number of alkyl halides is 1. The Kier molecular flexibility index (Phi) is 10.8. The summed E-state index contributed by atoms with van der Waals surface area (Å²) in [6, 6.07) is 14.8. The topological polar surface area (TPSA) is 18.5 Å². The highest BCUT2D eigenvalue weighted by molar-refractivity contribution is 14.1. The first-order valence-corrected chi connectivity index (χ1v) is 23.4. The fourth-order valence-corrected chi connectivity index (χ4v) is 12.5. The average molecular weight is 629 g/mol. The van der Waals surface area contributed by atoms with E-state index in [1.165, 1.54) is 23.3 Å². The van der Waals surface area contributed by atoms with Gasteiger partial charge in [-0.1, -0.05) is 119 Å². The summed E-state index contributed by atoms with van der Waals surface area (Å²) in [6.07, 6.45) is 1.34. The maximum Gasteiger partial charge on any atom is 0.193 e. The molecule has 0 bridgehead atoms. The molecule has 192 valence electrons. The molecular weight excluding hydrogens is 579 g/mol. The number of halogens is 1. The van der Waals surface area contributed by atoms with Crippen LogP contribution in [0.4, 0.5) is 0 Å². The van der Waals surface area contributed by atoms with Crippen molar-refractivity contribution in [3.63, 3.8) is 0 Å². The van der Waals surface area contributed by atoms with Crippen molar-refractivity contribution >= 4 is 52.2 Å². The minimum Gasteiger partial charge on any atom is -0.401 e. The van der Waals surface area contributed by atoms with Crippen LogP contribution in [-0.2, 0) is 9.16 Å². The molecular formula is C28H49IO2Si3. The van der Waals surface area contributed by atoms with E-state index in [0.717, 1.165) is 10.8 Å². The Labute approximate surface area is 227 Å². The Hall–Kier alpha value is 0.0806. The van der Waals surface area contributed by atoms with Gasteiger partial charge in [-0.05, 0) is 48.2 Å². The fraction of sp³-hybridized carbons (Fsp3) is 0.714. The molecule has 1 aliphatic rings. The monoisotopic (exact) mass is 628 g/mol. The van der Waals surface area contributed by atoms with Crippen LogP contribution in [0.25, 0.3) is 0 Å². The summed E-state index contributed by atoms with van der Waals surface area (Å²) in [7, 11) is -5.40. The summed E-state index contributed by atoms with van der Waals surface area (Å²) in [4.78, 5) is 0. The summed E-state index contributed by atoms with van der Waals surface area (Å²) in [5, 5.41) is 1.66. The quantitative estimate of drug-likeness (QED) is 0.119. The highest BCUT2D eigenvalue weighted by atomic mass is 127. The maximum absolute atomic E-state index is 7.15. The van der Waals surface area contributed by atoms with Gasteiger partial charge >= 0.3 is 0 Å². The van der Waals surface area contributed by atoms with Crippen molar-refractivity contribution in [2.45, 2.75) is 121 Å². The molecule has 0 unspecified atom stereocenters. The molecule has 1 aromatic carbocycles. The van der Waals surface area contributed by atoms with Crippen molar-refractivity contribution in [1.82, 2.24) is 0 Å². The zero-order valence-electron chi connectivity index (χ0n) is 23.4. The third-order valence-corrected chi connectivity index (χ3v) is 23.3. The van der Waals surface area contributed by atoms with E-state index in [2.05, 4.69) is 132 Å². The lowest BCUT2D eigenvalue weighted by Gasteiger charge is -2.42. The zero-order valence-corrected chi connectivity index (χ0v) is 28.6. The van der Waals surface area contributed by atoms with E-state index in [1.54, 1.807) is 0 Å². The van der Waals surface area contributed by atoms with Crippen LogP contribution in [-0.4, -0.2) is 47.2 Å². The predicted molar refractivity (Wildman–Crippen MR) is 167 cm³/mol. The standard InChI is InChI=1S/C28H49IO2Si3/c1-11-34(12-2,13-3)20-19-25(31-33(9,10)28(4,5)6)27-26(21-23(22-29)30-27)32(7,8)24-17-15-14-16-18-24/h14-18,23,25-27H,11-13,21-22H2,1-10H3/t23-,25-,26-,27+/m1/s1. The molecule has 0 saturated carbocycles. The molecule has 0 radical (unpaired) electrons. The van der Waals surface area contributed by atoms with Crippen LogP contribution in [0.5, 0.6) is 0 Å². The largest absolute Gasteiger partial charge is 0.401 e. The molecule has 0 amide bonds. The molecule has 1 heterocycles. The lowest BCUT2D eigenvalue weighted by molar-refractivity contribution is 0.00148. The number of benzene rings is 1. The first-order valence-electron chi connectivity index (χ1n) is 13.2. The molecule has 1 fully saturated rings. The Morgan fingerprint density at radius 2 is 1.59 bits per heavy atom. The number of rotatable bonds is 9. The molecule has 2 rings (SSSR count). The maximum atomic E-state index is 7.15. The van der Waals surface area contributed by atoms with Crippen molar-refractivity contribution < 1.29 is 9.16 Å². The SMILES string of the molecule is CC[Si](C#C[C@@H](O[Si](C)(C)C(C)(C)C)[C@@H]1O[C@@H](CI)C[C@H]1[Si](C)(C)c1ccccc1)(CC)CC. The van der Waals surface area contributed by atoms with Crippen LogP contribution < -0.4 is 5.19 Å². The van der Waals surface area contributed by atoms with Gasteiger partial charge in [-0.25, -0.2) is 0 Å². The summed E-state index contributed by atoms with van der Waals surface area (Å²) >= 11 is 2.50. The third kappa shape index (κ3) is 6.89. The van der Waals surface area contributed by atoms with E-state index in [9.17, 15) is 0 Å². The second-order valence-electron chi connectivity index (χ2n) is 12.2. The Morgan fingerprint density at radius 3 is 2.06 bits per heavy atom. The average Bonchev–Trinajstić information content (AvgIpc) is 3.25. The van der Waals surface area contributed by atoms with Crippen LogP contribution in [0.3, 0.4) is 0 Å². The van der Waals surface area contributed by atoms with Gasteiger partial charge in [0.2, 0.25) is 0 Å². The fourth-order valence-electron chi connectivity index (χ4n) is 4.87. The molecule has 0 N–H and O–H groups in total. The highest BCUT2D eigenvalue weighted by Gasteiger charge is 2.51. The van der Waals surface area contributed by atoms with E-state index in [4.69, 9.17) is 9.16 Å². The van der Waals surface area contributed by atoms with Crippen molar-refractivity contribution in [1.29, 1.82) is 0 Å². The van der Waals surface area contributed by atoms with E-state index in [1.807, 2.05) is 0 Å². The second kappa shape index (κ2) is 12.1. The van der Waals surface area contributed by atoms with Gasteiger partial charge in [0.15, 0.2) is 8.32 Å². The van der Waals surface area contributed by atoms with E-state index >= 15 is 0 Å². The van der Waals surface area contributed by atoms with E-state index < -0.39 is 24.5 Å². The van der Waals surface area contributed by atoms with Crippen LogP contribution in [0, 0.1) is 11.5 Å². The highest BCUT2D eigenvalue weighted by Crippen LogP contribution is 2.44. The lowest BCUT2D eigenvalue weighted by Crippen LogP contribution is -2.53. The second-order valence-corrected chi connectivity index (χ2v) is 27.5. The summed E-state index contributed by atoms with van der Waals surface area (Å²) in [6.45, 7) is 23.8. The molecule has 1 saturated heterocycles. The lowest BCUT2D eigenvalue weighted by atomic mass is 10.1. The first-order chi connectivity index (χ1) is 15.8. The van der Waals surface area contributed by atoms with Crippen molar-refractivity contribution in [3.8, 4) is 11.5 Å². The molecule has 0 aromatic heterocycles. The van der Waals surface area contributed by atoms with Crippen molar-refractivity contribution in [2.75, 3.05) is 4.43 Å². The Bertz CT molecular complexity index is 826. The van der Waals surface area contributed by atoms with Crippen molar-refractivity contribution in [2.24, 2.45) is 0 Å². The zero-order chi connectivity index (χ0) is 25.8. The molecule has 1 aliphatic heterocycles. The Balaban J connectivity index is 2.57. The first kappa shape index (κ1) is 30.3. The van der Waals surface area contributed by atoms with Gasteiger partial charge in [0.25, 0.3) is 0 Å². The van der Waals surface area contributed by atoms with Gasteiger partial charge in [0, 0.05) is 4.43 Å². The Morgan fingerprint density at radius 1 is 1.03 bits per heavy atom. The van der Waals surface area contributed by atoms with Crippen LogP contribution in [0.2, 0.25) is 54.9 Å². The van der Waals surface area contributed by atoms with Gasteiger partial charge in [-0.2, -0.15) is 0 Å². The number of hydrogen-bond donors (Lipinski definition) is 0.